The Kier molecular flexibility index (Phi) is 3.50. The molecule has 86 valence electrons. The van der Waals surface area contributed by atoms with Crippen molar-refractivity contribution in [1.29, 1.82) is 0 Å². The Bertz CT molecular complexity index is 584. The van der Waals surface area contributed by atoms with Gasteiger partial charge in [0.2, 0.25) is 0 Å². The maximum atomic E-state index is 4.40. The van der Waals surface area contributed by atoms with Crippen LogP contribution in [0.15, 0.2) is 49.1 Å². The van der Waals surface area contributed by atoms with Crippen LogP contribution in [0.2, 0.25) is 0 Å². The molecule has 0 fully saturated rings. The van der Waals surface area contributed by atoms with Crippen LogP contribution in [0.1, 0.15) is 13.8 Å². The fourth-order valence-corrected chi connectivity index (χ4v) is 1.72. The van der Waals surface area contributed by atoms with E-state index in [0.29, 0.717) is 0 Å². The highest BCUT2D eigenvalue weighted by atomic mass is 14.7. The second-order valence-electron chi connectivity index (χ2n) is 3.33. The summed E-state index contributed by atoms with van der Waals surface area (Å²) in [7, 11) is 0. The Morgan fingerprint density at radius 1 is 0.941 bits per heavy atom. The van der Waals surface area contributed by atoms with E-state index >= 15 is 0 Å². The lowest BCUT2D eigenvalue weighted by molar-refractivity contribution is 1.30. The van der Waals surface area contributed by atoms with Gasteiger partial charge < -0.3 is 4.98 Å². The molecule has 0 aliphatic heterocycles. The van der Waals surface area contributed by atoms with E-state index in [1.54, 1.807) is 12.4 Å². The van der Waals surface area contributed by atoms with Crippen LogP contribution in [0.3, 0.4) is 0 Å². The third-order valence-corrected chi connectivity index (χ3v) is 2.43. The van der Waals surface area contributed by atoms with Crippen molar-refractivity contribution in [1.82, 2.24) is 15.0 Å². The van der Waals surface area contributed by atoms with Gasteiger partial charge in [-0.25, -0.2) is 0 Å². The molecule has 0 aliphatic carbocycles. The largest absolute Gasteiger partial charge is 0.361 e. The molecule has 0 spiro atoms. The van der Waals surface area contributed by atoms with Crippen molar-refractivity contribution < 1.29 is 0 Å². The first-order chi connectivity index (χ1) is 8.45. The molecule has 0 atom stereocenters. The summed E-state index contributed by atoms with van der Waals surface area (Å²) < 4.78 is 0. The standard InChI is InChI=1S/C12H9N3.C2H6/c1-5-13-6-2-9(1)12-10-3-7-14-11(10)4-8-15-12;1-2/h1-8,14H;1-2H3. The van der Waals surface area contributed by atoms with Gasteiger partial charge in [0, 0.05) is 41.3 Å². The van der Waals surface area contributed by atoms with Crippen molar-refractivity contribution in [3.05, 3.63) is 49.1 Å². The average molecular weight is 225 g/mol. The van der Waals surface area contributed by atoms with E-state index in [9.17, 15) is 0 Å². The fourth-order valence-electron chi connectivity index (χ4n) is 1.72. The zero-order chi connectivity index (χ0) is 12.1. The topological polar surface area (TPSA) is 41.6 Å². The smallest absolute Gasteiger partial charge is 0.0796 e. The average Bonchev–Trinajstić information content (AvgIpc) is 2.90. The molecule has 0 aromatic carbocycles. The van der Waals surface area contributed by atoms with Crippen LogP contribution in [0.25, 0.3) is 22.2 Å². The molecule has 0 bridgehead atoms. The highest BCUT2D eigenvalue weighted by Crippen LogP contribution is 2.24. The Balaban J connectivity index is 0.000000514. The number of nitrogens with zero attached hydrogens (tertiary/aromatic N) is 2. The van der Waals surface area contributed by atoms with Crippen LogP contribution < -0.4 is 0 Å². The monoisotopic (exact) mass is 225 g/mol. The van der Waals surface area contributed by atoms with Crippen molar-refractivity contribution in [2.75, 3.05) is 0 Å². The molecule has 3 aromatic rings. The SMILES string of the molecule is CC.c1cc(-c2nccc3[nH]ccc23)ccn1. The van der Waals surface area contributed by atoms with Crippen LogP contribution in [0.4, 0.5) is 0 Å². The summed E-state index contributed by atoms with van der Waals surface area (Å²) in [6.45, 7) is 4.00. The van der Waals surface area contributed by atoms with Crippen molar-refractivity contribution in [2.45, 2.75) is 13.8 Å². The molecule has 0 amide bonds. The van der Waals surface area contributed by atoms with Gasteiger partial charge in [0.25, 0.3) is 0 Å². The van der Waals surface area contributed by atoms with Crippen molar-refractivity contribution in [3.63, 3.8) is 0 Å². The summed E-state index contributed by atoms with van der Waals surface area (Å²) in [5.74, 6) is 0. The molecule has 0 saturated heterocycles. The van der Waals surface area contributed by atoms with Crippen LogP contribution in [0.5, 0.6) is 0 Å². The number of pyridine rings is 2. The van der Waals surface area contributed by atoms with Gasteiger partial charge in [-0.3, -0.25) is 9.97 Å². The number of aromatic amines is 1. The van der Waals surface area contributed by atoms with E-state index in [0.717, 1.165) is 22.2 Å². The van der Waals surface area contributed by atoms with Crippen LogP contribution in [0, 0.1) is 0 Å². The number of rotatable bonds is 1. The molecule has 0 saturated carbocycles. The first kappa shape index (κ1) is 11.3. The maximum Gasteiger partial charge on any atom is 0.0796 e. The van der Waals surface area contributed by atoms with E-state index in [1.807, 2.05) is 50.5 Å². The molecule has 3 heterocycles. The summed E-state index contributed by atoms with van der Waals surface area (Å²) in [6, 6.07) is 7.95. The molecule has 3 aromatic heterocycles. The third-order valence-electron chi connectivity index (χ3n) is 2.43. The van der Waals surface area contributed by atoms with E-state index in [4.69, 9.17) is 0 Å². The Hall–Kier alpha value is -2.16. The molecule has 3 rings (SSSR count). The minimum atomic E-state index is 0.996. The van der Waals surface area contributed by atoms with Gasteiger partial charge in [-0.15, -0.1) is 0 Å². The Morgan fingerprint density at radius 3 is 2.47 bits per heavy atom. The van der Waals surface area contributed by atoms with Crippen LogP contribution >= 0.6 is 0 Å². The Labute approximate surface area is 101 Å². The zero-order valence-corrected chi connectivity index (χ0v) is 10.0. The molecule has 0 radical (unpaired) electrons. The molecule has 3 nitrogen and oxygen atoms in total. The maximum absolute atomic E-state index is 4.40. The van der Waals surface area contributed by atoms with Gasteiger partial charge >= 0.3 is 0 Å². The molecule has 0 unspecified atom stereocenters. The normalized spacial score (nSPS) is 9.76. The third kappa shape index (κ3) is 2.18. The van der Waals surface area contributed by atoms with Crippen LogP contribution in [-0.2, 0) is 0 Å². The van der Waals surface area contributed by atoms with Gasteiger partial charge in [0.05, 0.1) is 5.69 Å². The number of hydrogen-bond donors (Lipinski definition) is 1. The van der Waals surface area contributed by atoms with E-state index in [1.165, 1.54) is 0 Å². The van der Waals surface area contributed by atoms with Gasteiger partial charge in [-0.2, -0.15) is 0 Å². The van der Waals surface area contributed by atoms with Gasteiger partial charge in [0.1, 0.15) is 0 Å². The first-order valence-electron chi connectivity index (χ1n) is 5.77. The molecule has 3 heteroatoms. The number of nitrogens with one attached hydrogen (secondary N) is 1. The second kappa shape index (κ2) is 5.25. The Morgan fingerprint density at radius 2 is 1.71 bits per heavy atom. The van der Waals surface area contributed by atoms with E-state index in [-0.39, 0.29) is 0 Å². The quantitative estimate of drug-likeness (QED) is 0.686. The summed E-state index contributed by atoms with van der Waals surface area (Å²) in [4.78, 5) is 11.6. The van der Waals surface area contributed by atoms with E-state index < -0.39 is 0 Å². The zero-order valence-electron chi connectivity index (χ0n) is 10.0. The highest BCUT2D eigenvalue weighted by molar-refractivity contribution is 5.92. The first-order valence-corrected chi connectivity index (χ1v) is 5.77. The van der Waals surface area contributed by atoms with Crippen molar-refractivity contribution in [3.8, 4) is 11.3 Å². The molecule has 17 heavy (non-hydrogen) atoms. The van der Waals surface area contributed by atoms with Gasteiger partial charge in [-0.05, 0) is 24.3 Å². The number of fused-ring (bicyclic) bond motifs is 1. The molecular formula is C14H15N3. The summed E-state index contributed by atoms with van der Waals surface area (Å²) in [5, 5.41) is 1.14. The van der Waals surface area contributed by atoms with Gasteiger partial charge in [-0.1, -0.05) is 13.8 Å². The molecular weight excluding hydrogens is 210 g/mol. The van der Waals surface area contributed by atoms with Crippen molar-refractivity contribution in [2.24, 2.45) is 0 Å². The highest BCUT2D eigenvalue weighted by Gasteiger charge is 2.04. The number of aromatic nitrogens is 3. The minimum absolute atomic E-state index is 0.996. The summed E-state index contributed by atoms with van der Waals surface area (Å²) in [5.41, 5.74) is 3.20. The number of H-pyrrole nitrogens is 1. The lowest BCUT2D eigenvalue weighted by Gasteiger charge is -2.01. The predicted molar refractivity (Wildman–Crippen MR) is 70.7 cm³/mol. The molecule has 1 N–H and O–H groups in total. The summed E-state index contributed by atoms with van der Waals surface area (Å²) in [6.07, 6.45) is 7.30. The fraction of sp³-hybridized carbons (Fsp3) is 0.143. The minimum Gasteiger partial charge on any atom is -0.361 e. The second-order valence-corrected chi connectivity index (χ2v) is 3.33. The van der Waals surface area contributed by atoms with Gasteiger partial charge in [0.15, 0.2) is 0 Å². The lowest BCUT2D eigenvalue weighted by atomic mass is 10.1. The van der Waals surface area contributed by atoms with E-state index in [2.05, 4.69) is 15.0 Å². The lowest BCUT2D eigenvalue weighted by Crippen LogP contribution is -1.84. The summed E-state index contributed by atoms with van der Waals surface area (Å²) >= 11 is 0. The molecule has 0 aliphatic rings. The van der Waals surface area contributed by atoms with Crippen LogP contribution in [-0.4, -0.2) is 15.0 Å². The van der Waals surface area contributed by atoms with Crippen molar-refractivity contribution >= 4 is 10.9 Å². The number of hydrogen-bond acceptors (Lipinski definition) is 2. The predicted octanol–water partition coefficient (Wildman–Crippen LogP) is 3.65.